The highest BCUT2D eigenvalue weighted by Gasteiger charge is 2.14. The number of aromatic amines is 2. The van der Waals surface area contributed by atoms with E-state index >= 15 is 0 Å². The van der Waals surface area contributed by atoms with Crippen LogP contribution in [-0.4, -0.2) is 55.2 Å². The van der Waals surface area contributed by atoms with Crippen LogP contribution >= 0.6 is 0 Å². The van der Waals surface area contributed by atoms with E-state index in [1.807, 2.05) is 67.5 Å². The fourth-order valence-corrected chi connectivity index (χ4v) is 4.14. The van der Waals surface area contributed by atoms with Gasteiger partial charge in [-0.25, -0.2) is 9.97 Å². The number of H-pyrrole nitrogens is 2. The van der Waals surface area contributed by atoms with Gasteiger partial charge in [-0.3, -0.25) is 9.89 Å². The smallest absolute Gasteiger partial charge is 0.183 e. The van der Waals surface area contributed by atoms with Crippen molar-refractivity contribution in [2.75, 3.05) is 24.3 Å². The minimum Gasteiger partial charge on any atom is -0.363 e. The van der Waals surface area contributed by atoms with Crippen molar-refractivity contribution < 1.29 is 4.79 Å². The van der Waals surface area contributed by atoms with E-state index in [4.69, 9.17) is 9.97 Å². The van der Waals surface area contributed by atoms with Crippen LogP contribution in [0.4, 0.5) is 17.3 Å². The number of anilines is 3. The highest BCUT2D eigenvalue weighted by Crippen LogP contribution is 2.28. The van der Waals surface area contributed by atoms with Gasteiger partial charge in [-0.15, -0.1) is 0 Å². The number of hydrogen-bond donors (Lipinski definition) is 3. The van der Waals surface area contributed by atoms with Gasteiger partial charge in [-0.2, -0.15) is 15.3 Å². The summed E-state index contributed by atoms with van der Waals surface area (Å²) < 4.78 is 0. The largest absolute Gasteiger partial charge is 0.363 e. The second-order valence-electron chi connectivity index (χ2n) is 8.96. The normalized spacial score (nSPS) is 11.2. The average Bonchev–Trinajstić information content (AvgIpc) is 3.55. The van der Waals surface area contributed by atoms with Gasteiger partial charge in [0.1, 0.15) is 11.6 Å². The van der Waals surface area contributed by atoms with Gasteiger partial charge in [0.15, 0.2) is 11.6 Å². The summed E-state index contributed by atoms with van der Waals surface area (Å²) in [5.74, 6) is 2.00. The fourth-order valence-electron chi connectivity index (χ4n) is 4.14. The molecular weight excluding hydrogens is 466 g/mol. The molecule has 4 heterocycles. The molecule has 2 aromatic carbocycles. The molecule has 0 saturated heterocycles. The summed E-state index contributed by atoms with van der Waals surface area (Å²) in [6.07, 6.45) is 5.23. The minimum absolute atomic E-state index is 0.0160. The van der Waals surface area contributed by atoms with E-state index < -0.39 is 0 Å². The molecule has 0 radical (unpaired) electrons. The van der Waals surface area contributed by atoms with Crippen LogP contribution in [0.5, 0.6) is 0 Å². The van der Waals surface area contributed by atoms with E-state index in [0.717, 1.165) is 44.4 Å². The molecule has 4 aromatic heterocycles. The van der Waals surface area contributed by atoms with Crippen LogP contribution < -0.4 is 10.2 Å². The SMILES string of the molecule is CN(C)c1cc(Nc2ccc3[nH]ncc3c2)nc(-c2ccc3cc(C(=O)Cc4ccnnc4)[nH]c3c2)n1. The number of ketones is 1. The topological polar surface area (TPSA) is 128 Å². The van der Waals surface area contributed by atoms with Crippen LogP contribution in [0.1, 0.15) is 16.1 Å². The number of benzene rings is 2. The number of Topliss-reactive ketones (excluding diaryl/α,β-unsaturated/α-hetero) is 1. The molecule has 0 fully saturated rings. The first-order chi connectivity index (χ1) is 18.0. The van der Waals surface area contributed by atoms with Gasteiger partial charge in [-0.1, -0.05) is 12.1 Å². The molecule has 0 spiro atoms. The number of aromatic nitrogens is 7. The van der Waals surface area contributed by atoms with E-state index in [2.05, 4.69) is 30.7 Å². The molecule has 10 heteroatoms. The van der Waals surface area contributed by atoms with Crippen molar-refractivity contribution in [2.45, 2.75) is 6.42 Å². The maximum absolute atomic E-state index is 12.8. The monoisotopic (exact) mass is 489 g/mol. The predicted molar refractivity (Wildman–Crippen MR) is 143 cm³/mol. The fraction of sp³-hybridized carbons (Fsp3) is 0.111. The molecule has 182 valence electrons. The summed E-state index contributed by atoms with van der Waals surface area (Å²) in [5, 5.41) is 20.0. The number of carbonyl (C=O) groups is 1. The van der Waals surface area contributed by atoms with Gasteiger partial charge in [0, 0.05) is 60.3 Å². The molecule has 10 nitrogen and oxygen atoms in total. The zero-order valence-electron chi connectivity index (χ0n) is 20.2. The summed E-state index contributed by atoms with van der Waals surface area (Å²) in [6, 6.07) is 17.4. The summed E-state index contributed by atoms with van der Waals surface area (Å²) in [6.45, 7) is 0. The molecule has 0 amide bonds. The van der Waals surface area contributed by atoms with Gasteiger partial charge >= 0.3 is 0 Å². The van der Waals surface area contributed by atoms with Crippen molar-refractivity contribution in [3.63, 3.8) is 0 Å². The summed E-state index contributed by atoms with van der Waals surface area (Å²) >= 11 is 0. The van der Waals surface area contributed by atoms with Crippen molar-refractivity contribution in [1.29, 1.82) is 0 Å². The van der Waals surface area contributed by atoms with E-state index in [1.54, 1.807) is 24.7 Å². The molecule has 6 rings (SSSR count). The number of rotatable bonds is 7. The van der Waals surface area contributed by atoms with Gasteiger partial charge in [-0.05, 0) is 42.0 Å². The highest BCUT2D eigenvalue weighted by molar-refractivity contribution is 6.01. The standard InChI is InChI=1S/C27H23N9O/c1-36(2)26-13-25(31-20-5-6-21-19(10-20)15-30-35-21)33-27(34-26)18-4-3-17-11-23(32-22(17)12-18)24(37)9-16-7-8-28-29-14-16/h3-8,10-15,32H,9H2,1-2H3,(H,30,35)(H,31,33,34). The maximum Gasteiger partial charge on any atom is 0.183 e. The predicted octanol–water partition coefficient (Wildman–Crippen LogP) is 4.53. The molecule has 0 bridgehead atoms. The van der Waals surface area contributed by atoms with Gasteiger partial charge in [0.05, 0.1) is 23.6 Å². The van der Waals surface area contributed by atoms with Crippen molar-refractivity contribution >= 4 is 44.9 Å². The lowest BCUT2D eigenvalue weighted by Gasteiger charge is -2.15. The molecular formula is C27H23N9O. The highest BCUT2D eigenvalue weighted by atomic mass is 16.1. The van der Waals surface area contributed by atoms with Crippen molar-refractivity contribution in [2.24, 2.45) is 0 Å². The van der Waals surface area contributed by atoms with Crippen molar-refractivity contribution in [3.8, 4) is 11.4 Å². The van der Waals surface area contributed by atoms with Crippen molar-refractivity contribution in [1.82, 2.24) is 35.3 Å². The number of carbonyl (C=O) groups excluding carboxylic acids is 1. The lowest BCUT2D eigenvalue weighted by atomic mass is 10.1. The molecule has 0 unspecified atom stereocenters. The molecule has 6 aromatic rings. The first kappa shape index (κ1) is 22.4. The van der Waals surface area contributed by atoms with E-state index in [1.165, 1.54) is 0 Å². The average molecular weight is 490 g/mol. The third kappa shape index (κ3) is 4.59. The summed E-state index contributed by atoms with van der Waals surface area (Å²) in [7, 11) is 3.88. The number of nitrogens with one attached hydrogen (secondary N) is 3. The lowest BCUT2D eigenvalue weighted by molar-refractivity contribution is 0.0989. The quantitative estimate of drug-likeness (QED) is 0.279. The molecule has 0 aliphatic carbocycles. The van der Waals surface area contributed by atoms with E-state index in [-0.39, 0.29) is 12.2 Å². The second kappa shape index (κ2) is 9.15. The third-order valence-electron chi connectivity index (χ3n) is 6.07. The number of fused-ring (bicyclic) bond motifs is 2. The zero-order chi connectivity index (χ0) is 25.4. The zero-order valence-corrected chi connectivity index (χ0v) is 20.2. The Balaban J connectivity index is 1.32. The van der Waals surface area contributed by atoms with Crippen LogP contribution in [0, 0.1) is 0 Å². The van der Waals surface area contributed by atoms with Crippen LogP contribution in [0.2, 0.25) is 0 Å². The first-order valence-corrected chi connectivity index (χ1v) is 11.7. The Hall–Kier alpha value is -5.12. The number of nitrogens with zero attached hydrogens (tertiary/aromatic N) is 6. The molecule has 0 aliphatic rings. The van der Waals surface area contributed by atoms with Crippen LogP contribution in [-0.2, 0) is 6.42 Å². The Labute approximate surface area is 211 Å². The Bertz CT molecular complexity index is 1740. The van der Waals surface area contributed by atoms with Crippen LogP contribution in [0.25, 0.3) is 33.2 Å². The molecule has 0 aliphatic heterocycles. The van der Waals surface area contributed by atoms with Gasteiger partial charge in [0.2, 0.25) is 0 Å². The van der Waals surface area contributed by atoms with E-state index in [0.29, 0.717) is 17.3 Å². The van der Waals surface area contributed by atoms with Crippen molar-refractivity contribution in [3.05, 3.63) is 84.4 Å². The molecule has 37 heavy (non-hydrogen) atoms. The van der Waals surface area contributed by atoms with E-state index in [9.17, 15) is 4.79 Å². The lowest BCUT2D eigenvalue weighted by Crippen LogP contribution is -2.12. The van der Waals surface area contributed by atoms with Gasteiger partial charge < -0.3 is 15.2 Å². The van der Waals surface area contributed by atoms with Crippen LogP contribution in [0.15, 0.2) is 73.2 Å². The minimum atomic E-state index is -0.0160. The summed E-state index contributed by atoms with van der Waals surface area (Å²) in [5.41, 5.74) is 4.91. The molecule has 0 atom stereocenters. The summed E-state index contributed by atoms with van der Waals surface area (Å²) in [4.78, 5) is 27.6. The Morgan fingerprint density at radius 2 is 1.84 bits per heavy atom. The maximum atomic E-state index is 12.8. The first-order valence-electron chi connectivity index (χ1n) is 11.7. The second-order valence-corrected chi connectivity index (χ2v) is 8.96. The van der Waals surface area contributed by atoms with Gasteiger partial charge in [0.25, 0.3) is 0 Å². The Kier molecular flexibility index (Phi) is 5.53. The molecule has 3 N–H and O–H groups in total. The Morgan fingerprint density at radius 1 is 0.919 bits per heavy atom. The molecule has 0 saturated carbocycles. The van der Waals surface area contributed by atoms with Crippen LogP contribution in [0.3, 0.4) is 0 Å². The third-order valence-corrected chi connectivity index (χ3v) is 6.07. The number of hydrogen-bond acceptors (Lipinski definition) is 8. The Morgan fingerprint density at radius 3 is 2.68 bits per heavy atom.